The minimum atomic E-state index is 0.612. The van der Waals surface area contributed by atoms with Gasteiger partial charge in [0.1, 0.15) is 5.52 Å². The first-order valence-electron chi connectivity index (χ1n) is 6.41. The first-order chi connectivity index (χ1) is 9.26. The van der Waals surface area contributed by atoms with E-state index in [2.05, 4.69) is 32.2 Å². The maximum atomic E-state index is 5.10. The molecule has 7 nitrogen and oxygen atoms in total. The molecule has 104 valence electrons. The Balaban J connectivity index is 2.30. The van der Waals surface area contributed by atoms with E-state index in [-0.39, 0.29) is 0 Å². The molecule has 19 heavy (non-hydrogen) atoms. The summed E-state index contributed by atoms with van der Waals surface area (Å²) in [6.45, 7) is 4.35. The molecule has 2 N–H and O–H groups in total. The number of hydrogen-bond acceptors (Lipinski definition) is 6. The summed E-state index contributed by atoms with van der Waals surface area (Å²) in [4.78, 5) is 18.2. The van der Waals surface area contributed by atoms with Gasteiger partial charge in [-0.05, 0) is 6.42 Å². The molecular weight excluding hydrogens is 244 g/mol. The summed E-state index contributed by atoms with van der Waals surface area (Å²) in [5.41, 5.74) is 1.52. The third kappa shape index (κ3) is 3.11. The van der Waals surface area contributed by atoms with Crippen LogP contribution in [0.25, 0.3) is 11.2 Å². The molecule has 2 heterocycles. The van der Waals surface area contributed by atoms with Gasteiger partial charge in [0, 0.05) is 27.2 Å². The number of nitrogens with zero attached hydrogens (tertiary/aromatic N) is 4. The third-order valence-corrected chi connectivity index (χ3v) is 2.79. The van der Waals surface area contributed by atoms with Gasteiger partial charge in [0.2, 0.25) is 5.95 Å². The molecule has 2 aromatic rings. The lowest BCUT2D eigenvalue weighted by molar-refractivity contribution is 0.206. The number of H-pyrrole nitrogens is 1. The standard InChI is InChI=1S/C12H20N6O/c1-4-5-13-12-16-10-9(14-8-15-10)11(17-12)18(2)6-7-19-3/h8H,4-7H2,1-3H3,(H2,13,14,15,16,17). The van der Waals surface area contributed by atoms with Crippen LogP contribution in [-0.2, 0) is 4.74 Å². The number of hydrogen-bond donors (Lipinski definition) is 2. The second-order valence-corrected chi connectivity index (χ2v) is 4.31. The summed E-state index contributed by atoms with van der Waals surface area (Å²) in [6, 6.07) is 0. The number of anilines is 2. The average molecular weight is 264 g/mol. The fourth-order valence-electron chi connectivity index (χ4n) is 1.74. The highest BCUT2D eigenvalue weighted by Crippen LogP contribution is 2.21. The van der Waals surface area contributed by atoms with Crippen molar-refractivity contribution >= 4 is 22.9 Å². The van der Waals surface area contributed by atoms with Crippen LogP contribution < -0.4 is 10.2 Å². The predicted molar refractivity (Wildman–Crippen MR) is 75.6 cm³/mol. The van der Waals surface area contributed by atoms with Gasteiger partial charge in [-0.2, -0.15) is 9.97 Å². The van der Waals surface area contributed by atoms with Gasteiger partial charge in [-0.15, -0.1) is 0 Å². The van der Waals surface area contributed by atoms with E-state index in [9.17, 15) is 0 Å². The van der Waals surface area contributed by atoms with Crippen LogP contribution in [0.4, 0.5) is 11.8 Å². The predicted octanol–water partition coefficient (Wildman–Crippen LogP) is 1.26. The lowest BCUT2D eigenvalue weighted by atomic mass is 10.4. The van der Waals surface area contributed by atoms with Crippen molar-refractivity contribution in [2.75, 3.05) is 44.1 Å². The number of fused-ring (bicyclic) bond motifs is 1. The van der Waals surface area contributed by atoms with Crippen LogP contribution in [0.1, 0.15) is 13.3 Å². The zero-order valence-electron chi connectivity index (χ0n) is 11.6. The van der Waals surface area contributed by atoms with Crippen LogP contribution in [0.3, 0.4) is 0 Å². The molecule has 0 aromatic carbocycles. The van der Waals surface area contributed by atoms with E-state index in [0.717, 1.165) is 30.8 Å². The Morgan fingerprint density at radius 3 is 3.00 bits per heavy atom. The minimum absolute atomic E-state index is 0.612. The largest absolute Gasteiger partial charge is 0.383 e. The topological polar surface area (TPSA) is 79.0 Å². The number of methoxy groups -OCH3 is 1. The highest BCUT2D eigenvalue weighted by Gasteiger charge is 2.13. The molecule has 0 saturated heterocycles. The van der Waals surface area contributed by atoms with Gasteiger partial charge in [0.15, 0.2) is 11.5 Å². The molecule has 0 amide bonds. The molecular formula is C12H20N6O. The molecule has 0 atom stereocenters. The Labute approximate surface area is 112 Å². The zero-order valence-corrected chi connectivity index (χ0v) is 11.6. The third-order valence-electron chi connectivity index (χ3n) is 2.79. The van der Waals surface area contributed by atoms with E-state index >= 15 is 0 Å². The summed E-state index contributed by atoms with van der Waals surface area (Å²) in [5.74, 6) is 1.44. The van der Waals surface area contributed by atoms with Gasteiger partial charge in [-0.3, -0.25) is 0 Å². The number of rotatable bonds is 7. The molecule has 0 saturated carbocycles. The molecule has 0 unspecified atom stereocenters. The molecule has 0 spiro atoms. The number of nitrogens with one attached hydrogen (secondary N) is 2. The first kappa shape index (κ1) is 13.5. The second kappa shape index (κ2) is 6.33. The van der Waals surface area contributed by atoms with E-state index in [4.69, 9.17) is 4.74 Å². The Bertz CT molecular complexity index is 526. The highest BCUT2D eigenvalue weighted by molar-refractivity contribution is 5.84. The van der Waals surface area contributed by atoms with Crippen molar-refractivity contribution in [2.24, 2.45) is 0 Å². The smallest absolute Gasteiger partial charge is 0.226 e. The number of aromatic nitrogens is 4. The molecule has 2 rings (SSSR count). The SMILES string of the molecule is CCCNc1nc(N(C)CCOC)c2[nH]cnc2n1. The van der Waals surface area contributed by atoms with Crippen molar-refractivity contribution in [1.29, 1.82) is 0 Å². The summed E-state index contributed by atoms with van der Waals surface area (Å²) in [5, 5.41) is 3.19. The van der Waals surface area contributed by atoms with Crippen LogP contribution >= 0.6 is 0 Å². The van der Waals surface area contributed by atoms with Crippen molar-refractivity contribution in [1.82, 2.24) is 19.9 Å². The van der Waals surface area contributed by atoms with Gasteiger partial charge >= 0.3 is 0 Å². The molecule has 0 bridgehead atoms. The molecule has 0 radical (unpaired) electrons. The Hall–Kier alpha value is -1.89. The van der Waals surface area contributed by atoms with Gasteiger partial charge in [0.05, 0.1) is 12.9 Å². The van der Waals surface area contributed by atoms with Gasteiger partial charge in [0.25, 0.3) is 0 Å². The Kier molecular flexibility index (Phi) is 4.51. The molecule has 2 aromatic heterocycles. The monoisotopic (exact) mass is 264 g/mol. The lowest BCUT2D eigenvalue weighted by Gasteiger charge is -2.18. The highest BCUT2D eigenvalue weighted by atomic mass is 16.5. The lowest BCUT2D eigenvalue weighted by Crippen LogP contribution is -2.24. The normalized spacial score (nSPS) is 10.9. The summed E-state index contributed by atoms with van der Waals surface area (Å²) in [6.07, 6.45) is 2.66. The van der Waals surface area contributed by atoms with Gasteiger partial charge < -0.3 is 19.9 Å². The van der Waals surface area contributed by atoms with Crippen molar-refractivity contribution in [3.05, 3.63) is 6.33 Å². The Morgan fingerprint density at radius 1 is 1.42 bits per heavy atom. The number of imidazole rings is 1. The van der Waals surface area contributed by atoms with Crippen LogP contribution in [0, 0.1) is 0 Å². The van der Waals surface area contributed by atoms with E-state index in [0.29, 0.717) is 18.2 Å². The second-order valence-electron chi connectivity index (χ2n) is 4.31. The molecule has 7 heteroatoms. The fourth-order valence-corrected chi connectivity index (χ4v) is 1.74. The van der Waals surface area contributed by atoms with Crippen molar-refractivity contribution in [3.8, 4) is 0 Å². The van der Waals surface area contributed by atoms with Gasteiger partial charge in [-0.1, -0.05) is 6.92 Å². The minimum Gasteiger partial charge on any atom is -0.383 e. The molecule has 0 aliphatic rings. The maximum absolute atomic E-state index is 5.10. The Morgan fingerprint density at radius 2 is 2.26 bits per heavy atom. The summed E-state index contributed by atoms with van der Waals surface area (Å²) < 4.78 is 5.10. The van der Waals surface area contributed by atoms with E-state index in [1.54, 1.807) is 13.4 Å². The van der Waals surface area contributed by atoms with Crippen LogP contribution in [-0.4, -0.2) is 53.8 Å². The maximum Gasteiger partial charge on any atom is 0.226 e. The number of likely N-dealkylation sites (N-methyl/N-ethyl adjacent to an activating group) is 1. The zero-order chi connectivity index (χ0) is 13.7. The van der Waals surface area contributed by atoms with E-state index in [1.165, 1.54) is 0 Å². The molecule has 0 aliphatic carbocycles. The van der Waals surface area contributed by atoms with Crippen molar-refractivity contribution in [3.63, 3.8) is 0 Å². The van der Waals surface area contributed by atoms with Crippen molar-refractivity contribution in [2.45, 2.75) is 13.3 Å². The van der Waals surface area contributed by atoms with Crippen LogP contribution in [0.5, 0.6) is 0 Å². The summed E-state index contributed by atoms with van der Waals surface area (Å²) >= 11 is 0. The number of aromatic amines is 1. The summed E-state index contributed by atoms with van der Waals surface area (Å²) in [7, 11) is 3.67. The molecule has 0 fully saturated rings. The average Bonchev–Trinajstić information content (AvgIpc) is 2.89. The first-order valence-corrected chi connectivity index (χ1v) is 6.41. The quantitative estimate of drug-likeness (QED) is 0.783. The van der Waals surface area contributed by atoms with Crippen LogP contribution in [0.2, 0.25) is 0 Å². The number of ether oxygens (including phenoxy) is 1. The van der Waals surface area contributed by atoms with E-state index in [1.807, 2.05) is 11.9 Å². The van der Waals surface area contributed by atoms with E-state index < -0.39 is 0 Å². The van der Waals surface area contributed by atoms with Crippen LogP contribution in [0.15, 0.2) is 6.33 Å². The molecule has 0 aliphatic heterocycles. The van der Waals surface area contributed by atoms with Gasteiger partial charge in [-0.25, -0.2) is 4.98 Å². The fraction of sp³-hybridized carbons (Fsp3) is 0.583. The van der Waals surface area contributed by atoms with Crippen molar-refractivity contribution < 1.29 is 4.74 Å².